The Morgan fingerprint density at radius 1 is 0.419 bits per heavy atom. The van der Waals surface area contributed by atoms with Crippen molar-refractivity contribution in [3.63, 3.8) is 0 Å². The van der Waals surface area contributed by atoms with E-state index in [1.807, 2.05) is 54.6 Å². The van der Waals surface area contributed by atoms with E-state index in [1.165, 1.54) is 5.56 Å². The number of benzene rings is 4. The van der Waals surface area contributed by atoms with Gasteiger partial charge < -0.3 is 9.97 Å². The molecule has 2 aliphatic heterocycles. The predicted molar refractivity (Wildman–Crippen MR) is 170 cm³/mol. The van der Waals surface area contributed by atoms with E-state index < -0.39 is 0 Å². The van der Waals surface area contributed by atoms with Crippen LogP contribution in [0.15, 0.2) is 91.0 Å². The number of nitrogens with zero attached hydrogens (tertiary/aromatic N) is 6. The van der Waals surface area contributed by atoms with Crippen molar-refractivity contribution in [2.24, 2.45) is 0 Å². The summed E-state index contributed by atoms with van der Waals surface area (Å²) in [6, 6.07) is 30.7. The Balaban J connectivity index is 1.49. The van der Waals surface area contributed by atoms with Crippen LogP contribution in [0.1, 0.15) is 25.3 Å². The van der Waals surface area contributed by atoms with Gasteiger partial charge in [-0.25, -0.2) is 29.9 Å². The van der Waals surface area contributed by atoms with Crippen molar-refractivity contribution in [3.05, 3.63) is 96.6 Å². The fourth-order valence-corrected chi connectivity index (χ4v) is 6.02. The maximum atomic E-state index is 5.12. The second kappa shape index (κ2) is 8.87. The van der Waals surface area contributed by atoms with E-state index in [0.29, 0.717) is 51.8 Å². The van der Waals surface area contributed by atoms with Gasteiger partial charge in [0.1, 0.15) is 22.6 Å². The first-order chi connectivity index (χ1) is 21.1. The summed E-state index contributed by atoms with van der Waals surface area (Å²) in [6.45, 7) is 4.38. The van der Waals surface area contributed by atoms with Crippen molar-refractivity contribution in [2.45, 2.75) is 19.8 Å². The third-order valence-electron chi connectivity index (χ3n) is 8.24. The highest BCUT2D eigenvalue weighted by Crippen LogP contribution is 2.38. The molecule has 0 atom stereocenters. The Bertz CT molecular complexity index is 2450. The smallest absolute Gasteiger partial charge is 0.164 e. The molecule has 2 aliphatic rings. The summed E-state index contributed by atoms with van der Waals surface area (Å²) in [5.41, 5.74) is 7.73. The third-order valence-corrected chi connectivity index (χ3v) is 8.24. The summed E-state index contributed by atoms with van der Waals surface area (Å²) in [6.07, 6.45) is 0. The van der Waals surface area contributed by atoms with Gasteiger partial charge in [0.05, 0.1) is 0 Å². The fraction of sp³-hybridized carbons (Fsp3) is 0.0857. The van der Waals surface area contributed by atoms with Crippen molar-refractivity contribution in [1.29, 1.82) is 0 Å². The van der Waals surface area contributed by atoms with Crippen molar-refractivity contribution in [1.82, 2.24) is 39.9 Å². The van der Waals surface area contributed by atoms with Gasteiger partial charge in [-0.2, -0.15) is 0 Å². The summed E-state index contributed by atoms with van der Waals surface area (Å²) < 4.78 is 0. The number of hydrogen-bond acceptors (Lipinski definition) is 6. The molecule has 0 spiro atoms. The molecule has 8 bridgehead atoms. The summed E-state index contributed by atoms with van der Waals surface area (Å²) in [4.78, 5) is 37.2. The average Bonchev–Trinajstić information content (AvgIpc) is 3.76. The molecular formula is C35H24N8. The SMILES string of the molecule is CC(C)c1ccc2c(c1)-c1nc-2nc2[nH]c(nc3nc(nc4[nH]c(n1)c1ccccc41)-c1ccccc1-3)c1ccccc21. The molecule has 7 aromatic rings. The van der Waals surface area contributed by atoms with Gasteiger partial charge in [-0.1, -0.05) is 98.8 Å². The van der Waals surface area contributed by atoms with E-state index in [9.17, 15) is 0 Å². The third kappa shape index (κ3) is 3.63. The minimum Gasteiger partial charge on any atom is -0.324 e. The normalized spacial score (nSPS) is 12.2. The maximum Gasteiger partial charge on any atom is 0.164 e. The van der Waals surface area contributed by atoms with Crippen LogP contribution in [0.5, 0.6) is 0 Å². The molecule has 2 N–H and O–H groups in total. The highest BCUT2D eigenvalue weighted by molar-refractivity contribution is 6.06. The molecule has 9 rings (SSSR count). The van der Waals surface area contributed by atoms with Gasteiger partial charge in [0.15, 0.2) is 23.3 Å². The molecule has 8 heteroatoms. The van der Waals surface area contributed by atoms with E-state index in [2.05, 4.69) is 60.2 Å². The first kappa shape index (κ1) is 23.9. The number of aromatic nitrogens is 8. The molecule has 0 radical (unpaired) electrons. The number of rotatable bonds is 1. The first-order valence-electron chi connectivity index (χ1n) is 14.3. The molecule has 3 aromatic heterocycles. The van der Waals surface area contributed by atoms with E-state index in [4.69, 9.17) is 29.9 Å². The quantitative estimate of drug-likeness (QED) is 0.212. The molecule has 0 saturated heterocycles. The number of hydrogen-bond donors (Lipinski definition) is 2. The van der Waals surface area contributed by atoms with Crippen molar-refractivity contribution in [2.75, 3.05) is 0 Å². The Hall–Kier alpha value is -5.76. The number of aromatic amines is 2. The van der Waals surface area contributed by atoms with Crippen LogP contribution in [0.25, 0.3) is 89.7 Å². The van der Waals surface area contributed by atoms with Gasteiger partial charge >= 0.3 is 0 Å². The number of fused-ring (bicyclic) bond motifs is 20. The van der Waals surface area contributed by atoms with Crippen LogP contribution >= 0.6 is 0 Å². The van der Waals surface area contributed by atoms with Crippen LogP contribution < -0.4 is 0 Å². The molecule has 0 unspecified atom stereocenters. The van der Waals surface area contributed by atoms with Crippen LogP contribution in [0.3, 0.4) is 0 Å². The highest BCUT2D eigenvalue weighted by Gasteiger charge is 2.22. The molecule has 0 amide bonds. The lowest BCUT2D eigenvalue weighted by Crippen LogP contribution is -1.89. The van der Waals surface area contributed by atoms with Crippen molar-refractivity contribution in [3.8, 4) is 45.6 Å². The Labute approximate surface area is 245 Å². The largest absolute Gasteiger partial charge is 0.324 e. The van der Waals surface area contributed by atoms with E-state index >= 15 is 0 Å². The zero-order valence-electron chi connectivity index (χ0n) is 23.4. The monoisotopic (exact) mass is 556 g/mol. The zero-order chi connectivity index (χ0) is 28.7. The molecule has 5 heterocycles. The van der Waals surface area contributed by atoms with Crippen LogP contribution in [0, 0.1) is 0 Å². The van der Waals surface area contributed by atoms with Gasteiger partial charge in [-0.3, -0.25) is 0 Å². The lowest BCUT2D eigenvalue weighted by molar-refractivity contribution is 0.867. The lowest BCUT2D eigenvalue weighted by Gasteiger charge is -2.07. The summed E-state index contributed by atoms with van der Waals surface area (Å²) in [5, 5.41) is 3.83. The standard InChI is InChI=1S/C35H24N8/c1-18(2)19-15-16-26-27(17-19)35-42-33-25-14-8-7-13-24(25)31(40-33)38-29-21-10-4-3-9-20(21)28(36-29)37-30-22-11-5-6-12-23(22)32(39-30)41-34(26)43-35/h3-18H,1-2H3,(H2,36,37,38,39,40,41,42,43). The van der Waals surface area contributed by atoms with Crippen molar-refractivity contribution >= 4 is 44.1 Å². The summed E-state index contributed by atoms with van der Waals surface area (Å²) >= 11 is 0. The van der Waals surface area contributed by atoms with Crippen LogP contribution in [-0.2, 0) is 0 Å². The Kier molecular flexibility index (Phi) is 4.93. The van der Waals surface area contributed by atoms with Crippen LogP contribution in [-0.4, -0.2) is 39.9 Å². The van der Waals surface area contributed by atoms with Gasteiger partial charge in [0.2, 0.25) is 0 Å². The second-order valence-electron chi connectivity index (χ2n) is 11.2. The van der Waals surface area contributed by atoms with E-state index in [1.54, 1.807) is 0 Å². The van der Waals surface area contributed by atoms with Crippen molar-refractivity contribution < 1.29 is 0 Å². The van der Waals surface area contributed by atoms with E-state index in [0.717, 1.165) is 43.8 Å². The molecule has 43 heavy (non-hydrogen) atoms. The fourth-order valence-electron chi connectivity index (χ4n) is 6.02. The Morgan fingerprint density at radius 3 is 1.21 bits per heavy atom. The molecule has 4 aromatic carbocycles. The molecule has 8 nitrogen and oxygen atoms in total. The highest BCUT2D eigenvalue weighted by atomic mass is 15.1. The minimum atomic E-state index is 0.360. The van der Waals surface area contributed by atoms with Gasteiger partial charge in [0, 0.05) is 43.8 Å². The molecule has 204 valence electrons. The van der Waals surface area contributed by atoms with E-state index in [-0.39, 0.29) is 0 Å². The van der Waals surface area contributed by atoms with Gasteiger partial charge in [-0.15, -0.1) is 0 Å². The number of H-pyrrole nitrogens is 2. The topological polar surface area (TPSA) is 109 Å². The summed E-state index contributed by atoms with van der Waals surface area (Å²) in [7, 11) is 0. The molecule has 0 saturated carbocycles. The molecule has 0 fully saturated rings. The Morgan fingerprint density at radius 2 is 0.791 bits per heavy atom. The van der Waals surface area contributed by atoms with Crippen LogP contribution in [0.2, 0.25) is 0 Å². The zero-order valence-corrected chi connectivity index (χ0v) is 23.4. The van der Waals surface area contributed by atoms with Gasteiger partial charge in [-0.05, 0) is 17.5 Å². The summed E-state index contributed by atoms with van der Waals surface area (Å²) in [5.74, 6) is 2.78. The molecular weight excluding hydrogens is 532 g/mol. The minimum absolute atomic E-state index is 0.360. The maximum absolute atomic E-state index is 5.12. The lowest BCUT2D eigenvalue weighted by atomic mass is 9.98. The predicted octanol–water partition coefficient (Wildman–Crippen LogP) is 7.99. The van der Waals surface area contributed by atoms with Gasteiger partial charge in [0.25, 0.3) is 0 Å². The second-order valence-corrected chi connectivity index (χ2v) is 11.2. The average molecular weight is 557 g/mol. The number of nitrogens with one attached hydrogen (secondary N) is 2. The molecule has 0 aliphatic carbocycles. The van der Waals surface area contributed by atoms with Crippen LogP contribution in [0.4, 0.5) is 0 Å². The first-order valence-corrected chi connectivity index (χ1v) is 14.3.